The molecule has 0 N–H and O–H groups in total. The first-order valence-electron chi connectivity index (χ1n) is 5.88. The summed E-state index contributed by atoms with van der Waals surface area (Å²) in [5.41, 5.74) is 2.05. The maximum Gasteiger partial charge on any atom is 0.299 e. The Bertz CT molecular complexity index is 690. The number of anilines is 1. The summed E-state index contributed by atoms with van der Waals surface area (Å²) in [6.07, 6.45) is 1.57. The maximum absolute atomic E-state index is 12.1. The molecule has 0 fully saturated rings. The van der Waals surface area contributed by atoms with E-state index in [4.69, 9.17) is 0 Å². The van der Waals surface area contributed by atoms with Crippen molar-refractivity contribution in [2.75, 3.05) is 4.90 Å². The van der Waals surface area contributed by atoms with Crippen molar-refractivity contribution in [3.63, 3.8) is 0 Å². The van der Waals surface area contributed by atoms with E-state index >= 15 is 0 Å². The van der Waals surface area contributed by atoms with Gasteiger partial charge < -0.3 is 4.57 Å². The molecule has 0 unspecified atom stereocenters. The molecule has 0 atom stereocenters. The standard InChI is InChI=1S/C13H12N4O2/c1-8-4-3-5-9-11(8)17(13(19)12(9)18)6-10-15-14-7-16(10)2/h3-5,7H,6H2,1-2H3. The second-order valence-corrected chi connectivity index (χ2v) is 4.55. The van der Waals surface area contributed by atoms with E-state index in [1.807, 2.05) is 13.0 Å². The number of Topliss-reactive ketones (excluding diaryl/α,β-unsaturated/α-hetero) is 1. The van der Waals surface area contributed by atoms with Crippen LogP contribution in [0.25, 0.3) is 0 Å². The first-order chi connectivity index (χ1) is 9.09. The van der Waals surface area contributed by atoms with Crippen molar-refractivity contribution < 1.29 is 9.59 Å². The number of carbonyl (C=O) groups is 2. The lowest BCUT2D eigenvalue weighted by molar-refractivity contribution is -0.114. The first-order valence-corrected chi connectivity index (χ1v) is 5.88. The molecule has 0 saturated carbocycles. The summed E-state index contributed by atoms with van der Waals surface area (Å²) < 4.78 is 1.73. The molecule has 19 heavy (non-hydrogen) atoms. The number of hydrogen-bond donors (Lipinski definition) is 0. The van der Waals surface area contributed by atoms with Gasteiger partial charge in [0, 0.05) is 7.05 Å². The Morgan fingerprint density at radius 1 is 1.26 bits per heavy atom. The molecular formula is C13H12N4O2. The molecule has 1 aliphatic heterocycles. The summed E-state index contributed by atoms with van der Waals surface area (Å²) in [6, 6.07) is 5.35. The number of benzene rings is 1. The Morgan fingerprint density at radius 2 is 2.05 bits per heavy atom. The van der Waals surface area contributed by atoms with Crippen LogP contribution in [-0.4, -0.2) is 26.5 Å². The first kappa shape index (κ1) is 11.6. The normalized spacial score (nSPS) is 14.1. The fourth-order valence-electron chi connectivity index (χ4n) is 2.28. The molecule has 0 spiro atoms. The van der Waals surface area contributed by atoms with E-state index in [1.54, 1.807) is 30.1 Å². The predicted octanol–water partition coefficient (Wildman–Crippen LogP) is 0.853. The van der Waals surface area contributed by atoms with Crippen LogP contribution in [0.3, 0.4) is 0 Å². The molecule has 1 amide bonds. The van der Waals surface area contributed by atoms with Crippen LogP contribution >= 0.6 is 0 Å². The molecule has 1 aliphatic rings. The fourth-order valence-corrected chi connectivity index (χ4v) is 2.28. The lowest BCUT2D eigenvalue weighted by Crippen LogP contribution is -2.30. The van der Waals surface area contributed by atoms with Gasteiger partial charge in [-0.05, 0) is 18.6 Å². The van der Waals surface area contributed by atoms with E-state index in [0.29, 0.717) is 17.1 Å². The third kappa shape index (κ3) is 1.64. The highest BCUT2D eigenvalue weighted by Crippen LogP contribution is 2.32. The van der Waals surface area contributed by atoms with Gasteiger partial charge in [-0.1, -0.05) is 12.1 Å². The van der Waals surface area contributed by atoms with Gasteiger partial charge in [0.15, 0.2) is 5.82 Å². The van der Waals surface area contributed by atoms with Crippen LogP contribution in [-0.2, 0) is 18.4 Å². The molecule has 0 saturated heterocycles. The number of hydrogen-bond acceptors (Lipinski definition) is 4. The molecule has 96 valence electrons. The Kier molecular flexibility index (Phi) is 2.45. The van der Waals surface area contributed by atoms with E-state index < -0.39 is 11.7 Å². The van der Waals surface area contributed by atoms with Gasteiger partial charge in [0.2, 0.25) is 0 Å². The number of rotatable bonds is 2. The van der Waals surface area contributed by atoms with Gasteiger partial charge in [0.25, 0.3) is 11.7 Å². The average molecular weight is 256 g/mol. The minimum atomic E-state index is -0.507. The molecule has 0 radical (unpaired) electrons. The van der Waals surface area contributed by atoms with E-state index in [-0.39, 0.29) is 6.54 Å². The van der Waals surface area contributed by atoms with E-state index in [9.17, 15) is 9.59 Å². The SMILES string of the molecule is Cc1cccc2c1N(Cc1nncn1C)C(=O)C2=O. The van der Waals surface area contributed by atoms with Gasteiger partial charge in [0.05, 0.1) is 17.8 Å². The summed E-state index contributed by atoms with van der Waals surface area (Å²) >= 11 is 0. The minimum Gasteiger partial charge on any atom is -0.319 e. The van der Waals surface area contributed by atoms with Gasteiger partial charge in [-0.2, -0.15) is 0 Å². The zero-order valence-corrected chi connectivity index (χ0v) is 10.6. The summed E-state index contributed by atoms with van der Waals surface area (Å²) in [5.74, 6) is -0.328. The maximum atomic E-state index is 12.1. The number of para-hydroxylation sites is 1. The molecule has 2 heterocycles. The van der Waals surface area contributed by atoms with Crippen molar-refractivity contribution in [3.8, 4) is 0 Å². The number of carbonyl (C=O) groups excluding carboxylic acids is 2. The Hall–Kier alpha value is -2.50. The predicted molar refractivity (Wildman–Crippen MR) is 67.7 cm³/mol. The van der Waals surface area contributed by atoms with Gasteiger partial charge in [-0.3, -0.25) is 14.5 Å². The van der Waals surface area contributed by atoms with Crippen LogP contribution < -0.4 is 4.90 Å². The van der Waals surface area contributed by atoms with Gasteiger partial charge in [-0.15, -0.1) is 10.2 Å². The second-order valence-electron chi connectivity index (χ2n) is 4.55. The summed E-state index contributed by atoms with van der Waals surface area (Å²) in [7, 11) is 1.80. The molecule has 2 aromatic rings. The molecule has 1 aromatic heterocycles. The van der Waals surface area contributed by atoms with Crippen LogP contribution in [0.1, 0.15) is 21.7 Å². The minimum absolute atomic E-state index is 0.249. The third-order valence-electron chi connectivity index (χ3n) is 3.30. The number of nitrogens with zero attached hydrogens (tertiary/aromatic N) is 4. The second kappa shape index (κ2) is 4.01. The summed E-state index contributed by atoms with van der Waals surface area (Å²) in [5, 5.41) is 7.73. The lowest BCUT2D eigenvalue weighted by atomic mass is 10.1. The summed E-state index contributed by atoms with van der Waals surface area (Å²) in [4.78, 5) is 25.5. The van der Waals surface area contributed by atoms with Crippen molar-refractivity contribution >= 4 is 17.4 Å². The summed E-state index contributed by atoms with van der Waals surface area (Å²) in [6.45, 7) is 2.13. The van der Waals surface area contributed by atoms with E-state index in [1.165, 1.54) is 4.90 Å². The quantitative estimate of drug-likeness (QED) is 0.747. The fraction of sp³-hybridized carbons (Fsp3) is 0.231. The van der Waals surface area contributed by atoms with Crippen LogP contribution in [0.15, 0.2) is 24.5 Å². The molecule has 0 bridgehead atoms. The number of aromatic nitrogens is 3. The van der Waals surface area contributed by atoms with Crippen LogP contribution in [0.2, 0.25) is 0 Å². The smallest absolute Gasteiger partial charge is 0.299 e. The monoisotopic (exact) mass is 256 g/mol. The average Bonchev–Trinajstić information content (AvgIpc) is 2.89. The highest BCUT2D eigenvalue weighted by Gasteiger charge is 2.37. The van der Waals surface area contributed by atoms with Crippen molar-refractivity contribution in [1.82, 2.24) is 14.8 Å². The highest BCUT2D eigenvalue weighted by atomic mass is 16.2. The molecule has 6 heteroatoms. The largest absolute Gasteiger partial charge is 0.319 e. The molecule has 6 nitrogen and oxygen atoms in total. The van der Waals surface area contributed by atoms with Crippen molar-refractivity contribution in [1.29, 1.82) is 0 Å². The molecule has 0 aliphatic carbocycles. The van der Waals surface area contributed by atoms with Crippen molar-refractivity contribution in [2.45, 2.75) is 13.5 Å². The third-order valence-corrected chi connectivity index (χ3v) is 3.30. The van der Waals surface area contributed by atoms with Crippen LogP contribution in [0.4, 0.5) is 5.69 Å². The van der Waals surface area contributed by atoms with Gasteiger partial charge >= 0.3 is 0 Å². The zero-order valence-electron chi connectivity index (χ0n) is 10.6. The molecule has 3 rings (SSSR count). The van der Waals surface area contributed by atoms with Gasteiger partial charge in [-0.25, -0.2) is 0 Å². The van der Waals surface area contributed by atoms with E-state index in [2.05, 4.69) is 10.2 Å². The van der Waals surface area contributed by atoms with Gasteiger partial charge in [0.1, 0.15) is 6.33 Å². The Balaban J connectivity index is 2.07. The highest BCUT2D eigenvalue weighted by molar-refractivity contribution is 6.52. The zero-order chi connectivity index (χ0) is 13.6. The number of fused-ring (bicyclic) bond motifs is 1. The Labute approximate surface area is 109 Å². The van der Waals surface area contributed by atoms with Crippen molar-refractivity contribution in [2.24, 2.45) is 7.05 Å². The number of amides is 1. The molecular weight excluding hydrogens is 244 g/mol. The number of aryl methyl sites for hydroxylation is 2. The molecule has 1 aromatic carbocycles. The van der Waals surface area contributed by atoms with Crippen LogP contribution in [0, 0.1) is 6.92 Å². The van der Waals surface area contributed by atoms with Crippen molar-refractivity contribution in [3.05, 3.63) is 41.5 Å². The van der Waals surface area contributed by atoms with E-state index in [0.717, 1.165) is 5.56 Å². The number of ketones is 1. The van der Waals surface area contributed by atoms with Crippen LogP contribution in [0.5, 0.6) is 0 Å². The Morgan fingerprint density at radius 3 is 2.74 bits per heavy atom. The lowest BCUT2D eigenvalue weighted by Gasteiger charge is -2.17. The topological polar surface area (TPSA) is 68.1 Å².